The molecule has 2 amide bonds. The number of alkyl halides is 1. The normalized spacial score (nSPS) is 11.9. The van der Waals surface area contributed by atoms with Crippen molar-refractivity contribution in [2.24, 2.45) is 5.73 Å². The Kier molecular flexibility index (Phi) is 3.68. The van der Waals surface area contributed by atoms with E-state index < -0.39 is 11.3 Å². The number of hydrogen-bond acceptors (Lipinski definition) is 2. The van der Waals surface area contributed by atoms with Crippen molar-refractivity contribution < 1.29 is 9.59 Å². The maximum atomic E-state index is 11.2. The van der Waals surface area contributed by atoms with Crippen molar-refractivity contribution >= 4 is 29.1 Å². The monoisotopic (exact) mass is 226 g/mol. The quantitative estimate of drug-likeness (QED) is 0.764. The molecule has 0 aliphatic carbocycles. The Hall–Kier alpha value is -1.55. The highest BCUT2D eigenvalue weighted by Crippen LogP contribution is 2.10. The highest BCUT2D eigenvalue weighted by molar-refractivity contribution is 6.32. The number of hydrogen-bond donors (Lipinski definition) is 2. The lowest BCUT2D eigenvalue weighted by Gasteiger charge is -2.06. The molecule has 15 heavy (non-hydrogen) atoms. The Morgan fingerprint density at radius 3 is 2.27 bits per heavy atom. The highest BCUT2D eigenvalue weighted by atomic mass is 35.5. The molecule has 0 aromatic heterocycles. The molecule has 4 nitrogen and oxygen atoms in total. The molecule has 0 fully saturated rings. The van der Waals surface area contributed by atoms with E-state index in [0.717, 1.165) is 0 Å². The lowest BCUT2D eigenvalue weighted by atomic mass is 10.2. The first-order valence-electron chi connectivity index (χ1n) is 4.35. The molecular formula is C10H11ClN2O2. The van der Waals surface area contributed by atoms with Crippen LogP contribution in [0, 0.1) is 0 Å². The zero-order chi connectivity index (χ0) is 11.4. The van der Waals surface area contributed by atoms with E-state index in [1.165, 1.54) is 12.1 Å². The Labute approximate surface area is 92.4 Å². The van der Waals surface area contributed by atoms with Gasteiger partial charge in [-0.05, 0) is 31.2 Å². The standard InChI is InChI=1S/C10H11ClN2O2/c1-6(11)10(15)13-8-4-2-7(3-5-8)9(12)14/h2-6H,1H3,(H2,12,14)(H,13,15)/t6-/m0/s1. The summed E-state index contributed by atoms with van der Waals surface area (Å²) in [4.78, 5) is 22.0. The zero-order valence-corrected chi connectivity index (χ0v) is 8.91. The Balaban J connectivity index is 2.73. The third-order valence-electron chi connectivity index (χ3n) is 1.80. The lowest BCUT2D eigenvalue weighted by Crippen LogP contribution is -2.20. The molecule has 1 aromatic carbocycles. The largest absolute Gasteiger partial charge is 0.366 e. The van der Waals surface area contributed by atoms with Gasteiger partial charge in [0.1, 0.15) is 5.38 Å². The van der Waals surface area contributed by atoms with Crippen LogP contribution in [0.5, 0.6) is 0 Å². The second kappa shape index (κ2) is 4.79. The summed E-state index contributed by atoms with van der Waals surface area (Å²) in [6.07, 6.45) is 0. The molecule has 0 saturated heterocycles. The number of carbonyl (C=O) groups is 2. The van der Waals surface area contributed by atoms with E-state index in [2.05, 4.69) is 5.32 Å². The second-order valence-corrected chi connectivity index (χ2v) is 3.70. The number of primary amides is 1. The predicted molar refractivity (Wildman–Crippen MR) is 58.9 cm³/mol. The van der Waals surface area contributed by atoms with Crippen LogP contribution in [0.2, 0.25) is 0 Å². The van der Waals surface area contributed by atoms with Gasteiger partial charge in [0.05, 0.1) is 0 Å². The van der Waals surface area contributed by atoms with Crippen LogP contribution in [0.15, 0.2) is 24.3 Å². The number of halogens is 1. The van der Waals surface area contributed by atoms with E-state index in [1.807, 2.05) is 0 Å². The molecule has 1 rings (SSSR count). The summed E-state index contributed by atoms with van der Waals surface area (Å²) in [5.74, 6) is -0.790. The van der Waals surface area contributed by atoms with Crippen molar-refractivity contribution in [3.63, 3.8) is 0 Å². The minimum absolute atomic E-state index is 0.288. The van der Waals surface area contributed by atoms with E-state index in [4.69, 9.17) is 17.3 Å². The first kappa shape index (κ1) is 11.5. The predicted octanol–water partition coefficient (Wildman–Crippen LogP) is 1.35. The van der Waals surface area contributed by atoms with E-state index >= 15 is 0 Å². The third kappa shape index (κ3) is 3.25. The molecule has 0 aliphatic heterocycles. The Bertz CT molecular complexity index is 374. The van der Waals surface area contributed by atoms with Crippen LogP contribution in [0.25, 0.3) is 0 Å². The SMILES string of the molecule is C[C@H](Cl)C(=O)Nc1ccc(C(N)=O)cc1. The number of nitrogens with two attached hydrogens (primary N) is 1. The summed E-state index contributed by atoms with van der Waals surface area (Å²) in [6, 6.07) is 6.27. The van der Waals surface area contributed by atoms with E-state index in [-0.39, 0.29) is 5.91 Å². The van der Waals surface area contributed by atoms with Gasteiger partial charge in [0.15, 0.2) is 0 Å². The van der Waals surface area contributed by atoms with Gasteiger partial charge in [0.25, 0.3) is 0 Å². The molecule has 0 saturated carbocycles. The average molecular weight is 227 g/mol. The van der Waals surface area contributed by atoms with Crippen molar-refractivity contribution in [3.8, 4) is 0 Å². The molecular weight excluding hydrogens is 216 g/mol. The van der Waals surface area contributed by atoms with Gasteiger partial charge in [-0.1, -0.05) is 0 Å². The fourth-order valence-corrected chi connectivity index (χ4v) is 1.01. The van der Waals surface area contributed by atoms with E-state index in [1.54, 1.807) is 19.1 Å². The molecule has 80 valence electrons. The number of benzene rings is 1. The fourth-order valence-electron chi connectivity index (χ4n) is 0.960. The Morgan fingerprint density at radius 1 is 1.33 bits per heavy atom. The molecule has 0 radical (unpaired) electrons. The first-order chi connectivity index (χ1) is 7.00. The smallest absolute Gasteiger partial charge is 0.248 e. The van der Waals surface area contributed by atoms with Crippen LogP contribution in [0.3, 0.4) is 0 Å². The second-order valence-electron chi connectivity index (χ2n) is 3.05. The summed E-state index contributed by atoms with van der Waals surface area (Å²) in [7, 11) is 0. The first-order valence-corrected chi connectivity index (χ1v) is 4.79. The third-order valence-corrected chi connectivity index (χ3v) is 2.00. The van der Waals surface area contributed by atoms with Gasteiger partial charge in [-0.3, -0.25) is 9.59 Å². The fraction of sp³-hybridized carbons (Fsp3) is 0.200. The van der Waals surface area contributed by atoms with Crippen LogP contribution >= 0.6 is 11.6 Å². The van der Waals surface area contributed by atoms with Crippen molar-refractivity contribution in [2.75, 3.05) is 5.32 Å². The molecule has 1 atom stereocenters. The number of anilines is 1. The Morgan fingerprint density at radius 2 is 1.87 bits per heavy atom. The molecule has 0 bridgehead atoms. The summed E-state index contributed by atoms with van der Waals surface area (Å²) in [5.41, 5.74) is 6.04. The molecule has 5 heteroatoms. The maximum Gasteiger partial charge on any atom is 0.248 e. The van der Waals surface area contributed by atoms with Crippen molar-refractivity contribution in [1.82, 2.24) is 0 Å². The number of nitrogens with one attached hydrogen (secondary N) is 1. The molecule has 0 unspecified atom stereocenters. The van der Waals surface area contributed by atoms with Crippen LogP contribution in [-0.4, -0.2) is 17.2 Å². The van der Waals surface area contributed by atoms with Gasteiger partial charge in [-0.2, -0.15) is 0 Å². The van der Waals surface area contributed by atoms with Gasteiger partial charge in [0, 0.05) is 11.3 Å². The van der Waals surface area contributed by atoms with E-state index in [9.17, 15) is 9.59 Å². The van der Waals surface area contributed by atoms with Crippen LogP contribution in [-0.2, 0) is 4.79 Å². The molecule has 3 N–H and O–H groups in total. The van der Waals surface area contributed by atoms with Crippen LogP contribution in [0.1, 0.15) is 17.3 Å². The van der Waals surface area contributed by atoms with Crippen LogP contribution in [0.4, 0.5) is 5.69 Å². The molecule has 0 heterocycles. The van der Waals surface area contributed by atoms with Crippen molar-refractivity contribution in [3.05, 3.63) is 29.8 Å². The topological polar surface area (TPSA) is 72.2 Å². The van der Waals surface area contributed by atoms with Crippen molar-refractivity contribution in [2.45, 2.75) is 12.3 Å². The van der Waals surface area contributed by atoms with Gasteiger partial charge < -0.3 is 11.1 Å². The summed E-state index contributed by atoms with van der Waals surface area (Å²) in [6.45, 7) is 1.58. The average Bonchev–Trinajstić information content (AvgIpc) is 2.18. The molecule has 0 spiro atoms. The number of amides is 2. The van der Waals surface area contributed by atoms with Gasteiger partial charge in [-0.15, -0.1) is 11.6 Å². The number of rotatable bonds is 3. The van der Waals surface area contributed by atoms with E-state index in [0.29, 0.717) is 11.3 Å². The van der Waals surface area contributed by atoms with Crippen LogP contribution < -0.4 is 11.1 Å². The summed E-state index contributed by atoms with van der Waals surface area (Å²) < 4.78 is 0. The molecule has 1 aromatic rings. The van der Waals surface area contributed by atoms with Crippen molar-refractivity contribution in [1.29, 1.82) is 0 Å². The number of carbonyl (C=O) groups excluding carboxylic acids is 2. The highest BCUT2D eigenvalue weighted by Gasteiger charge is 2.09. The summed E-state index contributed by atoms with van der Waals surface area (Å²) >= 11 is 5.57. The van der Waals surface area contributed by atoms with Gasteiger partial charge in [-0.25, -0.2) is 0 Å². The van der Waals surface area contributed by atoms with Gasteiger partial charge in [0.2, 0.25) is 11.8 Å². The van der Waals surface area contributed by atoms with Gasteiger partial charge >= 0.3 is 0 Å². The maximum absolute atomic E-state index is 11.2. The lowest BCUT2D eigenvalue weighted by molar-refractivity contribution is -0.115. The molecule has 0 aliphatic rings. The minimum atomic E-state index is -0.596. The summed E-state index contributed by atoms with van der Waals surface area (Å²) in [5, 5.41) is 1.99. The zero-order valence-electron chi connectivity index (χ0n) is 8.16. The minimum Gasteiger partial charge on any atom is -0.366 e.